The molecule has 3 aromatic carbocycles. The van der Waals surface area contributed by atoms with Crippen molar-refractivity contribution in [2.75, 3.05) is 30.3 Å². The highest BCUT2D eigenvalue weighted by atomic mass is 32.2. The summed E-state index contributed by atoms with van der Waals surface area (Å²) in [5.41, 5.74) is 1.07. The van der Waals surface area contributed by atoms with E-state index in [9.17, 15) is 18.0 Å². The number of rotatable bonds is 14. The zero-order chi connectivity index (χ0) is 29.1. The standard InChI is InChI=1S/C30H37N3O5S2/c1-5-20-31-30(35)23(3)32(21-24-12-8-7-9-13-24)29(34)22-33(27-14-10-11-15-28(27)38-6-2)40(36,37)26-18-16-25(39-4)17-19-26/h7-19,23H,5-6,20-22H2,1-4H3,(H,31,35). The number of thioether (sulfide) groups is 1. The van der Waals surface area contributed by atoms with Crippen LogP contribution in [0.3, 0.4) is 0 Å². The fraction of sp³-hybridized carbons (Fsp3) is 0.333. The van der Waals surface area contributed by atoms with E-state index in [1.165, 1.54) is 28.8 Å². The van der Waals surface area contributed by atoms with E-state index >= 15 is 0 Å². The molecule has 10 heteroatoms. The molecule has 3 aromatic rings. The summed E-state index contributed by atoms with van der Waals surface area (Å²) in [4.78, 5) is 29.3. The van der Waals surface area contributed by atoms with Crippen molar-refractivity contribution in [1.82, 2.24) is 10.2 Å². The molecule has 1 atom stereocenters. The summed E-state index contributed by atoms with van der Waals surface area (Å²) in [6.45, 7) is 5.82. The molecule has 0 heterocycles. The van der Waals surface area contributed by atoms with E-state index in [-0.39, 0.29) is 23.0 Å². The molecule has 0 bridgehead atoms. The van der Waals surface area contributed by atoms with Crippen molar-refractivity contribution in [2.45, 2.75) is 49.6 Å². The Bertz CT molecular complexity index is 1370. The molecule has 0 aromatic heterocycles. The summed E-state index contributed by atoms with van der Waals surface area (Å²) in [6, 6.07) is 21.7. The van der Waals surface area contributed by atoms with Crippen LogP contribution in [0.15, 0.2) is 88.7 Å². The Balaban J connectivity index is 2.06. The largest absolute Gasteiger partial charge is 0.492 e. The summed E-state index contributed by atoms with van der Waals surface area (Å²) < 4.78 is 35.0. The second-order valence-electron chi connectivity index (χ2n) is 9.06. The van der Waals surface area contributed by atoms with Crippen molar-refractivity contribution in [3.05, 3.63) is 84.4 Å². The highest BCUT2D eigenvalue weighted by Gasteiger charge is 2.33. The molecule has 0 radical (unpaired) electrons. The Hall–Kier alpha value is -3.50. The molecule has 3 rings (SSSR count). The van der Waals surface area contributed by atoms with E-state index in [1.54, 1.807) is 50.2 Å². The molecule has 40 heavy (non-hydrogen) atoms. The first-order valence-corrected chi connectivity index (χ1v) is 15.9. The molecule has 1 N–H and O–H groups in total. The van der Waals surface area contributed by atoms with E-state index in [4.69, 9.17) is 4.74 Å². The van der Waals surface area contributed by atoms with Crippen molar-refractivity contribution >= 4 is 39.3 Å². The number of hydrogen-bond donors (Lipinski definition) is 1. The van der Waals surface area contributed by atoms with Gasteiger partial charge < -0.3 is 15.0 Å². The van der Waals surface area contributed by atoms with Gasteiger partial charge in [0.2, 0.25) is 11.8 Å². The molecule has 2 amide bonds. The summed E-state index contributed by atoms with van der Waals surface area (Å²) in [5.74, 6) is -0.480. The van der Waals surface area contributed by atoms with Gasteiger partial charge in [0.1, 0.15) is 18.3 Å². The zero-order valence-corrected chi connectivity index (χ0v) is 25.0. The minimum absolute atomic E-state index is 0.0488. The van der Waals surface area contributed by atoms with Crippen LogP contribution in [0.5, 0.6) is 5.75 Å². The van der Waals surface area contributed by atoms with Gasteiger partial charge in [0, 0.05) is 18.0 Å². The Kier molecular flexibility index (Phi) is 11.5. The lowest BCUT2D eigenvalue weighted by atomic mass is 10.1. The van der Waals surface area contributed by atoms with Crippen molar-refractivity contribution < 1.29 is 22.7 Å². The third-order valence-corrected chi connectivity index (χ3v) is 8.79. The second kappa shape index (κ2) is 14.8. The lowest BCUT2D eigenvalue weighted by Crippen LogP contribution is -2.51. The van der Waals surface area contributed by atoms with Gasteiger partial charge in [-0.2, -0.15) is 0 Å². The Morgan fingerprint density at radius 2 is 1.60 bits per heavy atom. The summed E-state index contributed by atoms with van der Waals surface area (Å²) in [7, 11) is -4.19. The number of ether oxygens (including phenoxy) is 1. The van der Waals surface area contributed by atoms with Crippen molar-refractivity contribution in [3.8, 4) is 5.75 Å². The highest BCUT2D eigenvalue weighted by Crippen LogP contribution is 2.33. The third-order valence-electron chi connectivity index (χ3n) is 6.27. The second-order valence-corrected chi connectivity index (χ2v) is 11.8. The zero-order valence-electron chi connectivity index (χ0n) is 23.4. The molecule has 0 aliphatic carbocycles. The summed E-state index contributed by atoms with van der Waals surface area (Å²) in [5, 5.41) is 2.84. The van der Waals surface area contributed by atoms with Crippen molar-refractivity contribution in [2.24, 2.45) is 0 Å². The Labute approximate surface area is 241 Å². The van der Waals surface area contributed by atoms with Gasteiger partial charge in [0.05, 0.1) is 17.2 Å². The average molecular weight is 584 g/mol. The number of anilines is 1. The molecule has 0 aliphatic rings. The fourth-order valence-corrected chi connectivity index (χ4v) is 5.92. The van der Waals surface area contributed by atoms with E-state index in [0.29, 0.717) is 18.9 Å². The topological polar surface area (TPSA) is 96.0 Å². The lowest BCUT2D eigenvalue weighted by Gasteiger charge is -2.32. The highest BCUT2D eigenvalue weighted by molar-refractivity contribution is 7.98. The van der Waals surface area contributed by atoms with Crippen LogP contribution in [0.1, 0.15) is 32.8 Å². The number of hydrogen-bond acceptors (Lipinski definition) is 6. The van der Waals surface area contributed by atoms with Crippen molar-refractivity contribution in [1.29, 1.82) is 0 Å². The number of amides is 2. The molecule has 0 fully saturated rings. The van der Waals surface area contributed by atoms with Crippen molar-refractivity contribution in [3.63, 3.8) is 0 Å². The van der Waals surface area contributed by atoms with Crippen LogP contribution in [-0.2, 0) is 26.2 Å². The van der Waals surface area contributed by atoms with Gasteiger partial charge in [-0.05, 0) is 68.5 Å². The number of carbonyl (C=O) groups is 2. The maximum absolute atomic E-state index is 14.1. The van der Waals surface area contributed by atoms with Crippen LogP contribution in [0, 0.1) is 0 Å². The number of carbonyl (C=O) groups excluding carboxylic acids is 2. The third kappa shape index (κ3) is 7.79. The molecule has 0 saturated carbocycles. The first-order valence-electron chi connectivity index (χ1n) is 13.2. The van der Waals surface area contributed by atoms with Gasteiger partial charge in [-0.25, -0.2) is 8.42 Å². The molecule has 0 spiro atoms. The van der Waals surface area contributed by atoms with Crippen LogP contribution in [-0.4, -0.2) is 57.1 Å². The van der Waals surface area contributed by atoms with E-state index in [1.807, 2.05) is 43.5 Å². The van der Waals surface area contributed by atoms with Gasteiger partial charge in [-0.15, -0.1) is 11.8 Å². The molecule has 1 unspecified atom stereocenters. The van der Waals surface area contributed by atoms with Gasteiger partial charge >= 0.3 is 0 Å². The molecule has 0 saturated heterocycles. The van der Waals surface area contributed by atoms with Crippen LogP contribution < -0.4 is 14.4 Å². The van der Waals surface area contributed by atoms with Crippen LogP contribution in [0.4, 0.5) is 5.69 Å². The summed E-state index contributed by atoms with van der Waals surface area (Å²) in [6.07, 6.45) is 2.66. The van der Waals surface area contributed by atoms with E-state index in [2.05, 4.69) is 5.32 Å². The van der Waals surface area contributed by atoms with Gasteiger partial charge in [-0.1, -0.05) is 49.4 Å². The van der Waals surface area contributed by atoms with Gasteiger partial charge in [-0.3, -0.25) is 13.9 Å². The smallest absolute Gasteiger partial charge is 0.264 e. The van der Waals surface area contributed by atoms with E-state index < -0.39 is 28.5 Å². The first kappa shape index (κ1) is 31.0. The summed E-state index contributed by atoms with van der Waals surface area (Å²) >= 11 is 1.50. The van der Waals surface area contributed by atoms with E-state index in [0.717, 1.165) is 21.2 Å². The SMILES string of the molecule is CCCNC(=O)C(C)N(Cc1ccccc1)C(=O)CN(c1ccccc1OCC)S(=O)(=O)c1ccc(SC)cc1. The number of benzene rings is 3. The molecule has 8 nitrogen and oxygen atoms in total. The van der Waals surface area contributed by atoms with Gasteiger partial charge in [0.25, 0.3) is 10.0 Å². The Morgan fingerprint density at radius 3 is 2.23 bits per heavy atom. The number of sulfonamides is 1. The Morgan fingerprint density at radius 1 is 0.950 bits per heavy atom. The molecular weight excluding hydrogens is 546 g/mol. The first-order chi connectivity index (χ1) is 19.2. The predicted molar refractivity (Wildman–Crippen MR) is 160 cm³/mol. The minimum atomic E-state index is -4.19. The molecule has 214 valence electrons. The number of nitrogens with one attached hydrogen (secondary N) is 1. The molecular formula is C30H37N3O5S2. The van der Waals surface area contributed by atoms with Crippen LogP contribution in [0.2, 0.25) is 0 Å². The molecule has 0 aliphatic heterocycles. The lowest BCUT2D eigenvalue weighted by molar-refractivity contribution is -0.139. The van der Waals surface area contributed by atoms with Crippen LogP contribution in [0.25, 0.3) is 0 Å². The normalized spacial score (nSPS) is 11.9. The average Bonchev–Trinajstić information content (AvgIpc) is 2.98. The maximum Gasteiger partial charge on any atom is 0.264 e. The fourth-order valence-electron chi connectivity index (χ4n) is 4.09. The van der Waals surface area contributed by atoms with Crippen LogP contribution >= 0.6 is 11.8 Å². The monoisotopic (exact) mass is 583 g/mol. The maximum atomic E-state index is 14.1. The minimum Gasteiger partial charge on any atom is -0.492 e. The van der Waals surface area contributed by atoms with Gasteiger partial charge in [0.15, 0.2) is 0 Å². The number of nitrogens with zero attached hydrogens (tertiary/aromatic N) is 2. The number of para-hydroxylation sites is 2. The quantitative estimate of drug-likeness (QED) is 0.270. The predicted octanol–water partition coefficient (Wildman–Crippen LogP) is 4.95.